The monoisotopic (exact) mass is 567 g/mol. The summed E-state index contributed by atoms with van der Waals surface area (Å²) in [4.78, 5) is 18.5. The quantitative estimate of drug-likeness (QED) is 0.180. The van der Waals surface area contributed by atoms with E-state index in [9.17, 15) is 13.2 Å². The van der Waals surface area contributed by atoms with Crippen molar-refractivity contribution in [1.29, 1.82) is 0 Å². The number of hydrogen-bond donors (Lipinski definition) is 0. The minimum Gasteiger partial charge on any atom is -0.380 e. The Morgan fingerprint density at radius 2 is 1.64 bits per heavy atom. The highest BCUT2D eigenvalue weighted by Gasteiger charge is 2.24. The van der Waals surface area contributed by atoms with Crippen molar-refractivity contribution >= 4 is 48.3 Å². The normalized spacial score (nSPS) is 12.7. The Balaban J connectivity index is 1.68. The van der Waals surface area contributed by atoms with Crippen LogP contribution >= 0.6 is 11.3 Å². The molecule has 1 heterocycles. The Bertz CT molecular complexity index is 1580. The first kappa shape index (κ1) is 29.1. The number of ether oxygens (including phenoxy) is 1. The van der Waals surface area contributed by atoms with Crippen molar-refractivity contribution in [3.05, 3.63) is 71.0 Å². The van der Waals surface area contributed by atoms with E-state index in [0.717, 1.165) is 46.7 Å². The molecule has 0 saturated heterocycles. The first-order valence-electron chi connectivity index (χ1n) is 13.7. The Hall–Kier alpha value is -2.85. The molecule has 0 radical (unpaired) electrons. The van der Waals surface area contributed by atoms with Gasteiger partial charge in [-0.05, 0) is 55.5 Å². The summed E-state index contributed by atoms with van der Waals surface area (Å²) < 4.78 is 36.8. The maximum atomic E-state index is 13.3. The number of carbonyl (C=O) groups excluding carboxylic acids is 1. The van der Waals surface area contributed by atoms with Gasteiger partial charge in [-0.1, -0.05) is 68.4 Å². The number of nitrogens with zero attached hydrogens (tertiary/aromatic N) is 3. The molecular formula is C30H37N3O4S2. The number of thiazole rings is 1. The molecule has 0 bridgehead atoms. The zero-order valence-corrected chi connectivity index (χ0v) is 24.6. The van der Waals surface area contributed by atoms with E-state index in [-0.39, 0.29) is 4.90 Å². The Morgan fingerprint density at radius 1 is 0.949 bits per heavy atom. The molecule has 0 aliphatic rings. The van der Waals surface area contributed by atoms with Crippen molar-refractivity contribution < 1.29 is 17.9 Å². The summed E-state index contributed by atoms with van der Waals surface area (Å²) in [6.45, 7) is 8.74. The van der Waals surface area contributed by atoms with Gasteiger partial charge in [0.05, 0.1) is 21.7 Å². The molecule has 7 nitrogen and oxygen atoms in total. The van der Waals surface area contributed by atoms with E-state index >= 15 is 0 Å². The highest BCUT2D eigenvalue weighted by Crippen LogP contribution is 2.28. The van der Waals surface area contributed by atoms with Crippen molar-refractivity contribution in [3.63, 3.8) is 0 Å². The number of amides is 1. The summed E-state index contributed by atoms with van der Waals surface area (Å²) in [5.74, 6) is -0.409. The van der Waals surface area contributed by atoms with E-state index in [4.69, 9.17) is 4.74 Å². The summed E-state index contributed by atoms with van der Waals surface area (Å²) >= 11 is 1.48. The third kappa shape index (κ3) is 6.66. The number of benzene rings is 3. The molecule has 208 valence electrons. The first-order chi connectivity index (χ1) is 18.9. The van der Waals surface area contributed by atoms with Crippen LogP contribution in [0.5, 0.6) is 0 Å². The second-order valence-electron chi connectivity index (χ2n) is 9.42. The van der Waals surface area contributed by atoms with E-state index < -0.39 is 15.9 Å². The van der Waals surface area contributed by atoms with Crippen LogP contribution in [0.4, 0.5) is 0 Å². The lowest BCUT2D eigenvalue weighted by Gasteiger charge is -2.22. The molecule has 0 saturated carbocycles. The summed E-state index contributed by atoms with van der Waals surface area (Å²) in [6, 6.07) is 18.5. The molecule has 3 aromatic carbocycles. The second kappa shape index (κ2) is 13.5. The minimum absolute atomic E-state index is 0.200. The fourth-order valence-corrected chi connectivity index (χ4v) is 7.20. The molecule has 39 heavy (non-hydrogen) atoms. The van der Waals surface area contributed by atoms with E-state index in [1.54, 1.807) is 16.4 Å². The Morgan fingerprint density at radius 3 is 2.31 bits per heavy atom. The third-order valence-corrected chi connectivity index (χ3v) is 9.74. The maximum Gasteiger partial charge on any atom is 0.279 e. The van der Waals surface area contributed by atoms with Crippen molar-refractivity contribution in [2.45, 2.75) is 57.9 Å². The molecule has 1 aromatic heterocycles. The molecule has 0 spiro atoms. The molecule has 0 unspecified atom stereocenters. The molecule has 1 amide bonds. The van der Waals surface area contributed by atoms with Crippen molar-refractivity contribution in [3.8, 4) is 0 Å². The van der Waals surface area contributed by atoms with Gasteiger partial charge in [-0.2, -0.15) is 9.30 Å². The van der Waals surface area contributed by atoms with Gasteiger partial charge in [-0.3, -0.25) is 4.79 Å². The molecule has 0 atom stereocenters. The molecule has 9 heteroatoms. The molecule has 0 aliphatic carbocycles. The lowest BCUT2D eigenvalue weighted by atomic mass is 10.1. The average Bonchev–Trinajstić information content (AvgIpc) is 3.30. The van der Waals surface area contributed by atoms with Crippen LogP contribution in [0.1, 0.15) is 56.8 Å². The van der Waals surface area contributed by atoms with Gasteiger partial charge < -0.3 is 9.30 Å². The number of fused-ring (bicyclic) bond motifs is 3. The van der Waals surface area contributed by atoms with E-state index in [2.05, 4.69) is 29.3 Å². The summed E-state index contributed by atoms with van der Waals surface area (Å²) in [5, 5.41) is 2.24. The number of hydrogen-bond acceptors (Lipinski definition) is 5. The molecule has 4 aromatic rings. The highest BCUT2D eigenvalue weighted by atomic mass is 32.2. The van der Waals surface area contributed by atoms with Gasteiger partial charge in [0.1, 0.15) is 0 Å². The average molecular weight is 568 g/mol. The van der Waals surface area contributed by atoms with Gasteiger partial charge in [-0.15, -0.1) is 0 Å². The number of rotatable bonds is 13. The van der Waals surface area contributed by atoms with E-state index in [1.165, 1.54) is 23.5 Å². The van der Waals surface area contributed by atoms with E-state index in [1.807, 2.05) is 37.5 Å². The Labute approximate surface area is 234 Å². The van der Waals surface area contributed by atoms with Crippen LogP contribution < -0.4 is 4.80 Å². The lowest BCUT2D eigenvalue weighted by Crippen LogP contribution is -2.33. The number of unbranched alkanes of at least 4 members (excludes halogenated alkanes) is 2. The van der Waals surface area contributed by atoms with Gasteiger partial charge in [0.2, 0.25) is 10.0 Å². The predicted octanol–water partition coefficient (Wildman–Crippen LogP) is 6.22. The SMILES string of the molecule is CCCCN(CCCC)S(=O)(=O)c1ccc(C(=O)N=c2sc3c4ccccc4ccc3n2CCOCC)cc1. The van der Waals surface area contributed by atoms with Gasteiger partial charge in [0.15, 0.2) is 4.80 Å². The highest BCUT2D eigenvalue weighted by molar-refractivity contribution is 7.89. The lowest BCUT2D eigenvalue weighted by molar-refractivity contribution is 0.0996. The number of carbonyl (C=O) groups is 1. The van der Waals surface area contributed by atoms with E-state index in [0.29, 0.717) is 43.2 Å². The van der Waals surface area contributed by atoms with Crippen LogP contribution in [0.3, 0.4) is 0 Å². The molecule has 0 aliphatic heterocycles. The molecule has 0 N–H and O–H groups in total. The van der Waals surface area contributed by atoms with Gasteiger partial charge in [0.25, 0.3) is 5.91 Å². The first-order valence-corrected chi connectivity index (χ1v) is 15.9. The van der Waals surface area contributed by atoms with Crippen molar-refractivity contribution in [1.82, 2.24) is 8.87 Å². The third-order valence-electron chi connectivity index (χ3n) is 6.70. The zero-order chi connectivity index (χ0) is 27.8. The molecule has 4 rings (SSSR count). The number of aromatic nitrogens is 1. The van der Waals surface area contributed by atoms with Crippen molar-refractivity contribution in [2.24, 2.45) is 4.99 Å². The summed E-state index contributed by atoms with van der Waals surface area (Å²) in [6.07, 6.45) is 3.47. The van der Waals surface area contributed by atoms with Crippen LogP contribution in [-0.2, 0) is 21.3 Å². The van der Waals surface area contributed by atoms with Crippen LogP contribution in [0.2, 0.25) is 0 Å². The van der Waals surface area contributed by atoms with Crippen LogP contribution in [0.25, 0.3) is 21.0 Å². The largest absolute Gasteiger partial charge is 0.380 e. The number of sulfonamides is 1. The minimum atomic E-state index is -3.63. The predicted molar refractivity (Wildman–Crippen MR) is 159 cm³/mol. The Kier molecular flexibility index (Phi) is 10.1. The van der Waals surface area contributed by atoms with Gasteiger partial charge >= 0.3 is 0 Å². The van der Waals surface area contributed by atoms with Crippen LogP contribution in [-0.4, -0.2) is 49.5 Å². The van der Waals surface area contributed by atoms with Crippen molar-refractivity contribution in [2.75, 3.05) is 26.3 Å². The zero-order valence-electron chi connectivity index (χ0n) is 22.9. The summed E-state index contributed by atoms with van der Waals surface area (Å²) in [5.41, 5.74) is 1.35. The van der Waals surface area contributed by atoms with Crippen LogP contribution in [0.15, 0.2) is 70.6 Å². The van der Waals surface area contributed by atoms with Gasteiger partial charge in [-0.25, -0.2) is 8.42 Å². The summed E-state index contributed by atoms with van der Waals surface area (Å²) in [7, 11) is -3.63. The van der Waals surface area contributed by atoms with Crippen LogP contribution in [0, 0.1) is 0 Å². The molecular weight excluding hydrogens is 530 g/mol. The second-order valence-corrected chi connectivity index (χ2v) is 12.3. The van der Waals surface area contributed by atoms with Gasteiger partial charge in [0, 0.05) is 37.2 Å². The fourth-order valence-electron chi connectivity index (χ4n) is 4.49. The molecule has 0 fully saturated rings. The fraction of sp³-hybridized carbons (Fsp3) is 0.400. The topological polar surface area (TPSA) is 81.0 Å². The maximum absolute atomic E-state index is 13.3. The standard InChI is InChI=1S/C30H37N3O4S2/c1-4-7-19-32(20-8-5-2)39(35,36)25-16-13-24(14-17-25)29(34)31-30-33(21-22-37-6-3)27-18-15-23-11-9-10-12-26(23)28(27)38-30/h9-18H,4-8,19-22H2,1-3H3. The smallest absolute Gasteiger partial charge is 0.279 e.